The monoisotopic (exact) mass is 326 g/mol. The summed E-state index contributed by atoms with van der Waals surface area (Å²) < 4.78 is 76.4. The van der Waals surface area contributed by atoms with Gasteiger partial charge in [0.2, 0.25) is 5.91 Å². The second-order valence-electron chi connectivity index (χ2n) is 4.92. The molecule has 0 spiro atoms. The van der Waals surface area contributed by atoms with Gasteiger partial charge in [-0.3, -0.25) is 4.79 Å². The highest BCUT2D eigenvalue weighted by Crippen LogP contribution is 2.36. The second-order valence-corrected chi connectivity index (χ2v) is 4.92. The number of alkyl halides is 6. The van der Waals surface area contributed by atoms with Gasteiger partial charge in [-0.2, -0.15) is 26.3 Å². The number of carbonyl (C=O) groups excluding carboxylic acids is 1. The number of hydrogen-bond donors (Lipinski definition) is 2. The van der Waals surface area contributed by atoms with Crippen LogP contribution in [0.2, 0.25) is 0 Å². The Morgan fingerprint density at radius 3 is 1.95 bits per heavy atom. The molecular formula is C13H12F6N2O. The van der Waals surface area contributed by atoms with Crippen LogP contribution >= 0.6 is 0 Å². The predicted octanol–water partition coefficient (Wildman–Crippen LogP) is 2.35. The normalized spacial score (nSPS) is 19.9. The lowest BCUT2D eigenvalue weighted by Gasteiger charge is -2.24. The van der Waals surface area contributed by atoms with Crippen molar-refractivity contribution in [3.63, 3.8) is 0 Å². The van der Waals surface area contributed by atoms with Crippen LogP contribution in [0.1, 0.15) is 16.7 Å². The van der Waals surface area contributed by atoms with Gasteiger partial charge in [0.1, 0.15) is 0 Å². The second kappa shape index (κ2) is 5.79. The Labute approximate surface area is 121 Å². The largest absolute Gasteiger partial charge is 0.416 e. The molecule has 1 aliphatic heterocycles. The molecule has 1 aliphatic rings. The van der Waals surface area contributed by atoms with Gasteiger partial charge in [-0.1, -0.05) is 0 Å². The number of halogens is 6. The van der Waals surface area contributed by atoms with Crippen molar-refractivity contribution in [2.75, 3.05) is 13.1 Å². The number of piperazine rings is 1. The van der Waals surface area contributed by atoms with Crippen molar-refractivity contribution in [3.8, 4) is 0 Å². The van der Waals surface area contributed by atoms with E-state index in [0.29, 0.717) is 25.2 Å². The third kappa shape index (κ3) is 3.90. The fraction of sp³-hybridized carbons (Fsp3) is 0.462. The van der Waals surface area contributed by atoms with Crippen LogP contribution < -0.4 is 10.6 Å². The van der Waals surface area contributed by atoms with Gasteiger partial charge < -0.3 is 10.6 Å². The van der Waals surface area contributed by atoms with E-state index in [4.69, 9.17) is 0 Å². The summed E-state index contributed by atoms with van der Waals surface area (Å²) >= 11 is 0. The number of nitrogens with one attached hydrogen (secondary N) is 2. The summed E-state index contributed by atoms with van der Waals surface area (Å²) in [6.45, 7) is 0.771. The van der Waals surface area contributed by atoms with E-state index in [1.807, 2.05) is 0 Å². The zero-order chi connectivity index (χ0) is 16.5. The standard InChI is InChI=1S/C13H12F6N2O/c14-12(15,16)8-3-7(4-9(6-8)13(17,18)19)5-10-11(22)21-2-1-20-10/h3-4,6,10,20H,1-2,5H2,(H,21,22)/t10-/m0/s1. The summed E-state index contributed by atoms with van der Waals surface area (Å²) in [5, 5.41) is 5.26. The van der Waals surface area contributed by atoms with Gasteiger partial charge in [-0.05, 0) is 30.2 Å². The van der Waals surface area contributed by atoms with Gasteiger partial charge in [0.15, 0.2) is 0 Å². The first-order chi connectivity index (χ1) is 10.1. The van der Waals surface area contributed by atoms with Crippen LogP contribution in [-0.2, 0) is 23.6 Å². The molecule has 2 rings (SSSR count). The molecule has 1 amide bonds. The average Bonchev–Trinajstić information content (AvgIpc) is 2.39. The summed E-state index contributed by atoms with van der Waals surface area (Å²) in [5.74, 6) is -0.447. The molecule has 1 fully saturated rings. The van der Waals surface area contributed by atoms with Crippen molar-refractivity contribution in [1.82, 2.24) is 10.6 Å². The van der Waals surface area contributed by atoms with Crippen molar-refractivity contribution in [1.29, 1.82) is 0 Å². The van der Waals surface area contributed by atoms with E-state index < -0.39 is 35.4 Å². The zero-order valence-corrected chi connectivity index (χ0v) is 11.1. The number of hydrogen-bond acceptors (Lipinski definition) is 2. The van der Waals surface area contributed by atoms with Crippen molar-refractivity contribution in [3.05, 3.63) is 34.9 Å². The van der Waals surface area contributed by atoms with Gasteiger partial charge in [-0.15, -0.1) is 0 Å². The van der Waals surface area contributed by atoms with Gasteiger partial charge in [-0.25, -0.2) is 0 Å². The summed E-state index contributed by atoms with van der Waals surface area (Å²) in [4.78, 5) is 11.5. The molecule has 1 saturated heterocycles. The number of carbonyl (C=O) groups is 1. The molecule has 22 heavy (non-hydrogen) atoms. The molecule has 0 aromatic heterocycles. The Balaban J connectivity index is 2.35. The zero-order valence-electron chi connectivity index (χ0n) is 11.1. The van der Waals surface area contributed by atoms with Crippen molar-refractivity contribution in [2.24, 2.45) is 0 Å². The first-order valence-electron chi connectivity index (χ1n) is 6.37. The molecule has 2 N–H and O–H groups in total. The third-order valence-electron chi connectivity index (χ3n) is 3.22. The molecule has 9 heteroatoms. The first kappa shape index (κ1) is 16.6. The fourth-order valence-electron chi connectivity index (χ4n) is 2.19. The van der Waals surface area contributed by atoms with E-state index in [2.05, 4.69) is 10.6 Å². The molecule has 1 aromatic carbocycles. The summed E-state index contributed by atoms with van der Waals surface area (Å²) in [5.41, 5.74) is -2.96. The predicted molar refractivity (Wildman–Crippen MR) is 65.0 cm³/mol. The van der Waals surface area contributed by atoms with Crippen LogP contribution in [0.15, 0.2) is 18.2 Å². The molecule has 0 saturated carbocycles. The van der Waals surface area contributed by atoms with Crippen LogP contribution in [0, 0.1) is 0 Å². The summed E-state index contributed by atoms with van der Waals surface area (Å²) in [6, 6.07) is 0.494. The Bertz CT molecular complexity index is 534. The lowest BCUT2D eigenvalue weighted by Crippen LogP contribution is -2.53. The highest BCUT2D eigenvalue weighted by Gasteiger charge is 2.37. The highest BCUT2D eigenvalue weighted by molar-refractivity contribution is 5.82. The molecule has 1 aromatic rings. The van der Waals surface area contributed by atoms with E-state index in [9.17, 15) is 31.1 Å². The first-order valence-corrected chi connectivity index (χ1v) is 6.37. The minimum atomic E-state index is -4.89. The Kier molecular flexibility index (Phi) is 4.37. The molecule has 0 radical (unpaired) electrons. The maximum absolute atomic E-state index is 12.7. The maximum atomic E-state index is 12.7. The molecule has 0 unspecified atom stereocenters. The Morgan fingerprint density at radius 1 is 0.955 bits per heavy atom. The average molecular weight is 326 g/mol. The van der Waals surface area contributed by atoms with Crippen LogP contribution in [0.25, 0.3) is 0 Å². The lowest BCUT2D eigenvalue weighted by atomic mass is 9.98. The minimum absolute atomic E-state index is 0.0673. The van der Waals surface area contributed by atoms with E-state index >= 15 is 0 Å². The number of rotatable bonds is 2. The third-order valence-corrected chi connectivity index (χ3v) is 3.22. The smallest absolute Gasteiger partial charge is 0.353 e. The lowest BCUT2D eigenvalue weighted by molar-refractivity contribution is -0.143. The van der Waals surface area contributed by atoms with Crippen LogP contribution in [-0.4, -0.2) is 25.0 Å². The van der Waals surface area contributed by atoms with Crippen LogP contribution in [0.4, 0.5) is 26.3 Å². The van der Waals surface area contributed by atoms with Gasteiger partial charge in [0.05, 0.1) is 17.2 Å². The van der Waals surface area contributed by atoms with Crippen molar-refractivity contribution < 1.29 is 31.1 Å². The van der Waals surface area contributed by atoms with Crippen molar-refractivity contribution in [2.45, 2.75) is 24.8 Å². The molecule has 0 bridgehead atoms. The SMILES string of the molecule is O=C1NCCN[C@H]1Cc1cc(C(F)(F)F)cc(C(F)(F)F)c1. The maximum Gasteiger partial charge on any atom is 0.416 e. The van der Waals surface area contributed by atoms with Gasteiger partial charge >= 0.3 is 12.4 Å². The van der Waals surface area contributed by atoms with E-state index in [1.54, 1.807) is 0 Å². The molecule has 1 atom stereocenters. The molecule has 0 aliphatic carbocycles. The van der Waals surface area contributed by atoms with Crippen LogP contribution in [0.5, 0.6) is 0 Å². The van der Waals surface area contributed by atoms with Crippen molar-refractivity contribution >= 4 is 5.91 Å². The topological polar surface area (TPSA) is 41.1 Å². The van der Waals surface area contributed by atoms with Gasteiger partial charge in [0.25, 0.3) is 0 Å². The Morgan fingerprint density at radius 2 is 1.50 bits per heavy atom. The molecule has 122 valence electrons. The quantitative estimate of drug-likeness (QED) is 0.819. The van der Waals surface area contributed by atoms with E-state index in [0.717, 1.165) is 0 Å². The van der Waals surface area contributed by atoms with E-state index in [-0.39, 0.29) is 18.1 Å². The molecule has 1 heterocycles. The minimum Gasteiger partial charge on any atom is -0.353 e. The van der Waals surface area contributed by atoms with Crippen LogP contribution in [0.3, 0.4) is 0 Å². The van der Waals surface area contributed by atoms with E-state index in [1.165, 1.54) is 0 Å². The number of amides is 1. The van der Waals surface area contributed by atoms with Gasteiger partial charge in [0, 0.05) is 13.1 Å². The summed E-state index contributed by atoms with van der Waals surface area (Å²) in [6.07, 6.45) is -10.0. The highest BCUT2D eigenvalue weighted by atomic mass is 19.4. The molecular weight excluding hydrogens is 314 g/mol. The summed E-state index contributed by atoms with van der Waals surface area (Å²) in [7, 11) is 0. The number of benzene rings is 1. The molecule has 3 nitrogen and oxygen atoms in total. The Hall–Kier alpha value is -1.77. The fourth-order valence-corrected chi connectivity index (χ4v) is 2.19.